The van der Waals surface area contributed by atoms with E-state index in [-0.39, 0.29) is 0 Å². The SMILES string of the molecule is [C-]#[N+]c1cn(-c2ccc(C)cc2)cn1. The predicted octanol–water partition coefficient (Wildman–Crippen LogP) is 2.73. The third-order valence-corrected chi connectivity index (χ3v) is 2.02. The van der Waals surface area contributed by atoms with Gasteiger partial charge in [-0.3, -0.25) is 4.57 Å². The number of hydrogen-bond acceptors (Lipinski definition) is 1. The van der Waals surface area contributed by atoms with E-state index in [0.717, 1.165) is 5.69 Å². The van der Waals surface area contributed by atoms with Gasteiger partial charge in [0.2, 0.25) is 0 Å². The molecular weight excluding hydrogens is 174 g/mol. The van der Waals surface area contributed by atoms with E-state index in [1.54, 1.807) is 12.5 Å². The number of aryl methyl sites for hydroxylation is 1. The van der Waals surface area contributed by atoms with Gasteiger partial charge in [-0.15, -0.1) is 4.98 Å². The van der Waals surface area contributed by atoms with Crippen LogP contribution in [0.2, 0.25) is 0 Å². The molecule has 0 aliphatic carbocycles. The molecule has 1 aromatic heterocycles. The van der Waals surface area contributed by atoms with Crippen LogP contribution < -0.4 is 0 Å². The number of imidazole rings is 1. The normalized spacial score (nSPS) is 9.71. The average Bonchev–Trinajstić information content (AvgIpc) is 2.67. The van der Waals surface area contributed by atoms with Crippen molar-refractivity contribution < 1.29 is 0 Å². The van der Waals surface area contributed by atoms with Gasteiger partial charge in [0.05, 0.1) is 0 Å². The molecule has 0 amide bonds. The summed E-state index contributed by atoms with van der Waals surface area (Å²) < 4.78 is 1.84. The summed E-state index contributed by atoms with van der Waals surface area (Å²) >= 11 is 0. The summed E-state index contributed by atoms with van der Waals surface area (Å²) in [6.07, 6.45) is 3.37. The lowest BCUT2D eigenvalue weighted by Gasteiger charge is -2.00. The molecule has 0 bridgehead atoms. The molecule has 1 heterocycles. The van der Waals surface area contributed by atoms with Gasteiger partial charge in [0.1, 0.15) is 0 Å². The molecule has 3 nitrogen and oxygen atoms in total. The van der Waals surface area contributed by atoms with Gasteiger partial charge in [0.25, 0.3) is 5.82 Å². The fraction of sp³-hybridized carbons (Fsp3) is 0.0909. The van der Waals surface area contributed by atoms with Crippen molar-refractivity contribution in [3.63, 3.8) is 0 Å². The standard InChI is InChI=1S/C11H9N3/c1-9-3-5-10(6-4-9)14-7-11(12-2)13-8-14/h3-8H,1H3. The zero-order valence-electron chi connectivity index (χ0n) is 7.81. The Morgan fingerprint density at radius 3 is 2.57 bits per heavy atom. The number of hydrogen-bond donors (Lipinski definition) is 0. The number of rotatable bonds is 1. The van der Waals surface area contributed by atoms with Crippen LogP contribution in [0.15, 0.2) is 36.8 Å². The summed E-state index contributed by atoms with van der Waals surface area (Å²) in [6.45, 7) is 8.85. The molecule has 14 heavy (non-hydrogen) atoms. The van der Waals surface area contributed by atoms with Crippen LogP contribution in [0, 0.1) is 13.5 Å². The zero-order valence-corrected chi connectivity index (χ0v) is 7.81. The van der Waals surface area contributed by atoms with Crippen LogP contribution in [0.5, 0.6) is 0 Å². The van der Waals surface area contributed by atoms with E-state index in [1.165, 1.54) is 5.56 Å². The molecule has 0 atom stereocenters. The quantitative estimate of drug-likeness (QED) is 0.623. The summed E-state index contributed by atoms with van der Waals surface area (Å²) in [7, 11) is 0. The second-order valence-corrected chi connectivity index (χ2v) is 3.09. The van der Waals surface area contributed by atoms with Crippen LogP contribution in [-0.2, 0) is 0 Å². The van der Waals surface area contributed by atoms with Gasteiger partial charge in [-0.05, 0) is 19.1 Å². The Labute approximate surface area is 82.5 Å². The third-order valence-electron chi connectivity index (χ3n) is 2.02. The topological polar surface area (TPSA) is 22.2 Å². The van der Waals surface area contributed by atoms with Gasteiger partial charge in [-0.1, -0.05) is 24.3 Å². The molecule has 0 spiro atoms. The first-order valence-electron chi connectivity index (χ1n) is 4.28. The summed E-state index contributed by atoms with van der Waals surface area (Å²) in [5, 5.41) is 0. The Hall–Kier alpha value is -2.08. The molecule has 0 saturated carbocycles. The fourth-order valence-electron chi connectivity index (χ4n) is 1.23. The molecule has 68 valence electrons. The van der Waals surface area contributed by atoms with Crippen LogP contribution in [0.1, 0.15) is 5.56 Å². The van der Waals surface area contributed by atoms with Crippen molar-refractivity contribution in [2.45, 2.75) is 6.92 Å². The third kappa shape index (κ3) is 1.50. The number of nitrogens with zero attached hydrogens (tertiary/aromatic N) is 3. The molecule has 0 radical (unpaired) electrons. The maximum atomic E-state index is 6.80. The van der Waals surface area contributed by atoms with E-state index in [0.29, 0.717) is 5.82 Å². The van der Waals surface area contributed by atoms with E-state index in [2.05, 4.69) is 9.83 Å². The minimum atomic E-state index is 0.422. The van der Waals surface area contributed by atoms with Crippen molar-refractivity contribution in [1.29, 1.82) is 0 Å². The van der Waals surface area contributed by atoms with Gasteiger partial charge in [0, 0.05) is 11.9 Å². The van der Waals surface area contributed by atoms with Gasteiger partial charge in [-0.25, -0.2) is 0 Å². The minimum Gasteiger partial charge on any atom is -0.359 e. The van der Waals surface area contributed by atoms with Crippen LogP contribution >= 0.6 is 0 Å². The molecule has 0 aliphatic heterocycles. The summed E-state index contributed by atoms with van der Waals surface area (Å²) in [4.78, 5) is 7.19. The second kappa shape index (κ2) is 3.35. The van der Waals surface area contributed by atoms with Gasteiger partial charge < -0.3 is 4.85 Å². The zero-order chi connectivity index (χ0) is 9.97. The lowest BCUT2D eigenvalue weighted by molar-refractivity contribution is 1.06. The van der Waals surface area contributed by atoms with E-state index in [4.69, 9.17) is 6.57 Å². The molecule has 2 rings (SSSR count). The first kappa shape index (κ1) is 8.52. The van der Waals surface area contributed by atoms with Gasteiger partial charge in [0.15, 0.2) is 6.33 Å². The Morgan fingerprint density at radius 2 is 2.00 bits per heavy atom. The van der Waals surface area contributed by atoms with Crippen molar-refractivity contribution in [3.05, 3.63) is 53.8 Å². The highest BCUT2D eigenvalue weighted by atomic mass is 15.1. The molecule has 0 N–H and O–H groups in total. The van der Waals surface area contributed by atoms with E-state index >= 15 is 0 Å². The highest BCUT2D eigenvalue weighted by Gasteiger charge is 2.00. The van der Waals surface area contributed by atoms with E-state index in [1.807, 2.05) is 35.8 Å². The molecule has 0 aliphatic rings. The lowest BCUT2D eigenvalue weighted by atomic mass is 10.2. The maximum absolute atomic E-state index is 6.80. The van der Waals surface area contributed by atoms with Crippen molar-refractivity contribution in [3.8, 4) is 5.69 Å². The first-order chi connectivity index (χ1) is 6.79. The number of aromatic nitrogens is 2. The average molecular weight is 183 g/mol. The van der Waals surface area contributed by atoms with Crippen LogP contribution in [-0.4, -0.2) is 9.55 Å². The highest BCUT2D eigenvalue weighted by molar-refractivity contribution is 5.40. The van der Waals surface area contributed by atoms with E-state index < -0.39 is 0 Å². The Bertz CT molecular complexity index is 474. The Morgan fingerprint density at radius 1 is 1.29 bits per heavy atom. The monoisotopic (exact) mass is 183 g/mol. The molecular formula is C11H9N3. The molecule has 3 heteroatoms. The summed E-state index contributed by atoms with van der Waals surface area (Å²) in [5.74, 6) is 0.422. The lowest BCUT2D eigenvalue weighted by Crippen LogP contribution is -1.88. The van der Waals surface area contributed by atoms with Gasteiger partial charge in [-0.2, -0.15) is 0 Å². The Balaban J connectivity index is 2.40. The van der Waals surface area contributed by atoms with Crippen LogP contribution in [0.4, 0.5) is 5.82 Å². The van der Waals surface area contributed by atoms with Gasteiger partial charge >= 0.3 is 0 Å². The number of benzene rings is 1. The fourth-order valence-corrected chi connectivity index (χ4v) is 1.23. The van der Waals surface area contributed by atoms with Crippen molar-refractivity contribution >= 4 is 5.82 Å². The molecule has 1 aromatic carbocycles. The smallest absolute Gasteiger partial charge is 0.287 e. The molecule has 0 unspecified atom stereocenters. The van der Waals surface area contributed by atoms with Crippen LogP contribution in [0.3, 0.4) is 0 Å². The first-order valence-corrected chi connectivity index (χ1v) is 4.28. The molecule has 0 saturated heterocycles. The van der Waals surface area contributed by atoms with Crippen molar-refractivity contribution in [1.82, 2.24) is 9.55 Å². The largest absolute Gasteiger partial charge is 0.359 e. The summed E-state index contributed by atoms with van der Waals surface area (Å²) in [6, 6.07) is 8.08. The maximum Gasteiger partial charge on any atom is 0.287 e. The predicted molar refractivity (Wildman–Crippen MR) is 54.6 cm³/mol. The van der Waals surface area contributed by atoms with Crippen molar-refractivity contribution in [2.24, 2.45) is 0 Å². The summed E-state index contributed by atoms with van der Waals surface area (Å²) in [5.41, 5.74) is 2.25. The second-order valence-electron chi connectivity index (χ2n) is 3.09. The Kier molecular flexibility index (Phi) is 2.04. The molecule has 2 aromatic rings. The highest BCUT2D eigenvalue weighted by Crippen LogP contribution is 2.13. The van der Waals surface area contributed by atoms with Crippen molar-refractivity contribution in [2.75, 3.05) is 0 Å². The van der Waals surface area contributed by atoms with Crippen LogP contribution in [0.25, 0.3) is 10.5 Å². The van der Waals surface area contributed by atoms with E-state index in [9.17, 15) is 0 Å². The minimum absolute atomic E-state index is 0.422. The molecule has 0 fully saturated rings.